The number of aryl methyl sites for hydroxylation is 1. The number of carbonyl (C=O) groups is 1. The lowest BCUT2D eigenvalue weighted by Crippen LogP contribution is -2.43. The summed E-state index contributed by atoms with van der Waals surface area (Å²) in [6.07, 6.45) is 5.60. The molecule has 3 rings (SSSR count). The summed E-state index contributed by atoms with van der Waals surface area (Å²) in [7, 11) is 0. The number of aliphatic hydroxyl groups excluding tert-OH is 1. The number of amides is 1. The fourth-order valence-corrected chi connectivity index (χ4v) is 2.91. The monoisotopic (exact) mass is 327 g/mol. The lowest BCUT2D eigenvalue weighted by atomic mass is 10.1. The van der Waals surface area contributed by atoms with Gasteiger partial charge in [0.25, 0.3) is 0 Å². The van der Waals surface area contributed by atoms with Crippen molar-refractivity contribution in [3.63, 3.8) is 0 Å². The number of nitrogens with zero attached hydrogens (tertiary/aromatic N) is 4. The minimum Gasteiger partial charge on any atom is -0.391 e. The van der Waals surface area contributed by atoms with Gasteiger partial charge in [-0.2, -0.15) is 0 Å². The van der Waals surface area contributed by atoms with Crippen molar-refractivity contribution < 1.29 is 9.90 Å². The van der Waals surface area contributed by atoms with Gasteiger partial charge in [-0.1, -0.05) is 6.92 Å². The highest BCUT2D eigenvalue weighted by molar-refractivity contribution is 5.85. The molecule has 7 nitrogen and oxygen atoms in total. The van der Waals surface area contributed by atoms with E-state index in [4.69, 9.17) is 0 Å². The number of anilines is 1. The van der Waals surface area contributed by atoms with Crippen LogP contribution < -0.4 is 10.2 Å². The third-order valence-electron chi connectivity index (χ3n) is 4.18. The SMILES string of the molecule is CCc1ccnc(CNC(=O)C2CC(O)CN2c2ccncn2)c1. The lowest BCUT2D eigenvalue weighted by molar-refractivity contribution is -0.122. The number of hydrogen-bond acceptors (Lipinski definition) is 6. The van der Waals surface area contributed by atoms with E-state index in [1.165, 1.54) is 11.9 Å². The Morgan fingerprint density at radius 2 is 2.25 bits per heavy atom. The van der Waals surface area contributed by atoms with Gasteiger partial charge >= 0.3 is 0 Å². The van der Waals surface area contributed by atoms with E-state index in [0.29, 0.717) is 25.3 Å². The Kier molecular flexibility index (Phi) is 5.00. The molecule has 3 heterocycles. The summed E-state index contributed by atoms with van der Waals surface area (Å²) in [5.41, 5.74) is 2.02. The van der Waals surface area contributed by atoms with Crippen molar-refractivity contribution in [3.8, 4) is 0 Å². The van der Waals surface area contributed by atoms with E-state index < -0.39 is 12.1 Å². The van der Waals surface area contributed by atoms with Crippen LogP contribution in [0.3, 0.4) is 0 Å². The summed E-state index contributed by atoms with van der Waals surface area (Å²) in [5.74, 6) is 0.515. The van der Waals surface area contributed by atoms with Crippen LogP contribution in [0.2, 0.25) is 0 Å². The molecular weight excluding hydrogens is 306 g/mol. The number of nitrogens with one attached hydrogen (secondary N) is 1. The summed E-state index contributed by atoms with van der Waals surface area (Å²) in [6.45, 7) is 2.84. The maximum Gasteiger partial charge on any atom is 0.243 e. The number of hydrogen-bond donors (Lipinski definition) is 2. The third-order valence-corrected chi connectivity index (χ3v) is 4.18. The molecule has 1 fully saturated rings. The number of aliphatic hydroxyl groups is 1. The molecule has 1 aliphatic rings. The molecule has 7 heteroatoms. The predicted octanol–water partition coefficient (Wildman–Crippen LogP) is 0.690. The second kappa shape index (κ2) is 7.35. The van der Waals surface area contributed by atoms with E-state index in [1.807, 2.05) is 17.0 Å². The molecule has 2 atom stereocenters. The molecule has 0 spiro atoms. The maximum absolute atomic E-state index is 12.6. The third kappa shape index (κ3) is 3.68. The van der Waals surface area contributed by atoms with Gasteiger partial charge in [-0.05, 0) is 30.2 Å². The van der Waals surface area contributed by atoms with E-state index >= 15 is 0 Å². The zero-order valence-corrected chi connectivity index (χ0v) is 13.6. The van der Waals surface area contributed by atoms with Crippen molar-refractivity contribution in [1.29, 1.82) is 0 Å². The number of pyridine rings is 1. The molecule has 126 valence electrons. The van der Waals surface area contributed by atoms with E-state index in [1.54, 1.807) is 18.5 Å². The number of β-amino-alcohol motifs (C(OH)–C–C–N with tert-alkyl or cyclic N) is 1. The van der Waals surface area contributed by atoms with Crippen LogP contribution in [0, 0.1) is 0 Å². The minimum absolute atomic E-state index is 0.131. The Morgan fingerprint density at radius 3 is 3.00 bits per heavy atom. The van der Waals surface area contributed by atoms with Crippen molar-refractivity contribution in [2.45, 2.75) is 38.5 Å². The van der Waals surface area contributed by atoms with E-state index in [9.17, 15) is 9.90 Å². The highest BCUT2D eigenvalue weighted by Gasteiger charge is 2.36. The Balaban J connectivity index is 1.66. The average Bonchev–Trinajstić information content (AvgIpc) is 3.02. The first-order valence-corrected chi connectivity index (χ1v) is 8.09. The predicted molar refractivity (Wildman–Crippen MR) is 89.3 cm³/mol. The van der Waals surface area contributed by atoms with Crippen LogP contribution in [0.15, 0.2) is 36.9 Å². The van der Waals surface area contributed by atoms with Gasteiger partial charge in [0.1, 0.15) is 18.2 Å². The van der Waals surface area contributed by atoms with Gasteiger partial charge in [0.05, 0.1) is 18.3 Å². The normalized spacial score (nSPS) is 20.2. The molecule has 2 aromatic rings. The average molecular weight is 327 g/mol. The number of rotatable bonds is 5. The zero-order chi connectivity index (χ0) is 16.9. The van der Waals surface area contributed by atoms with E-state index in [-0.39, 0.29) is 5.91 Å². The first kappa shape index (κ1) is 16.3. The largest absolute Gasteiger partial charge is 0.391 e. The maximum atomic E-state index is 12.6. The fourth-order valence-electron chi connectivity index (χ4n) is 2.91. The van der Waals surface area contributed by atoms with Crippen molar-refractivity contribution in [3.05, 3.63) is 48.2 Å². The van der Waals surface area contributed by atoms with Crippen LogP contribution in [-0.2, 0) is 17.8 Å². The van der Waals surface area contributed by atoms with Gasteiger partial charge in [0.15, 0.2) is 0 Å². The Morgan fingerprint density at radius 1 is 1.38 bits per heavy atom. The molecule has 0 radical (unpaired) electrons. The molecule has 1 amide bonds. The van der Waals surface area contributed by atoms with Gasteiger partial charge in [-0.15, -0.1) is 0 Å². The smallest absolute Gasteiger partial charge is 0.243 e. The molecule has 1 saturated heterocycles. The fraction of sp³-hybridized carbons (Fsp3) is 0.412. The summed E-state index contributed by atoms with van der Waals surface area (Å²) < 4.78 is 0. The van der Waals surface area contributed by atoms with Crippen molar-refractivity contribution in [2.75, 3.05) is 11.4 Å². The molecule has 0 aromatic carbocycles. The highest BCUT2D eigenvalue weighted by atomic mass is 16.3. The molecular formula is C17H21N5O2. The van der Waals surface area contributed by atoms with Gasteiger partial charge < -0.3 is 15.3 Å². The van der Waals surface area contributed by atoms with Crippen molar-refractivity contribution >= 4 is 11.7 Å². The molecule has 2 aromatic heterocycles. The summed E-state index contributed by atoms with van der Waals surface area (Å²) >= 11 is 0. The van der Waals surface area contributed by atoms with Gasteiger partial charge in [0, 0.05) is 25.4 Å². The molecule has 1 aliphatic heterocycles. The van der Waals surface area contributed by atoms with Crippen LogP contribution in [0.25, 0.3) is 0 Å². The van der Waals surface area contributed by atoms with Gasteiger partial charge in [-0.3, -0.25) is 9.78 Å². The first-order chi connectivity index (χ1) is 11.7. The number of carbonyl (C=O) groups excluding carboxylic acids is 1. The van der Waals surface area contributed by atoms with E-state index in [2.05, 4.69) is 27.2 Å². The zero-order valence-electron chi connectivity index (χ0n) is 13.6. The molecule has 0 bridgehead atoms. The Hall–Kier alpha value is -2.54. The van der Waals surface area contributed by atoms with Crippen molar-refractivity contribution in [2.24, 2.45) is 0 Å². The van der Waals surface area contributed by atoms with Crippen LogP contribution in [0.4, 0.5) is 5.82 Å². The first-order valence-electron chi connectivity index (χ1n) is 8.09. The van der Waals surface area contributed by atoms with Crippen LogP contribution in [-0.4, -0.2) is 44.7 Å². The minimum atomic E-state index is -0.544. The molecule has 2 N–H and O–H groups in total. The highest BCUT2D eigenvalue weighted by Crippen LogP contribution is 2.23. The topological polar surface area (TPSA) is 91.2 Å². The molecule has 0 aliphatic carbocycles. The van der Waals surface area contributed by atoms with Crippen LogP contribution >= 0.6 is 0 Å². The Labute approximate surface area is 140 Å². The van der Waals surface area contributed by atoms with Crippen LogP contribution in [0.5, 0.6) is 0 Å². The van der Waals surface area contributed by atoms with E-state index in [0.717, 1.165) is 12.1 Å². The summed E-state index contributed by atoms with van der Waals surface area (Å²) in [6, 6.07) is 5.26. The second-order valence-electron chi connectivity index (χ2n) is 5.85. The summed E-state index contributed by atoms with van der Waals surface area (Å²) in [4.78, 5) is 26.7. The quantitative estimate of drug-likeness (QED) is 0.839. The number of aromatic nitrogens is 3. The van der Waals surface area contributed by atoms with Crippen LogP contribution in [0.1, 0.15) is 24.6 Å². The Bertz CT molecular complexity index is 694. The second-order valence-corrected chi connectivity index (χ2v) is 5.85. The standard InChI is InChI=1S/C17H21N5O2/c1-2-12-3-6-19-13(7-12)9-20-17(24)15-8-14(23)10-22(15)16-4-5-18-11-21-16/h3-7,11,14-15,23H,2,8-10H2,1H3,(H,20,24). The van der Waals surface area contributed by atoms with Gasteiger partial charge in [0.2, 0.25) is 5.91 Å². The summed E-state index contributed by atoms with van der Waals surface area (Å²) in [5, 5.41) is 12.9. The molecule has 24 heavy (non-hydrogen) atoms. The van der Waals surface area contributed by atoms with Crippen molar-refractivity contribution in [1.82, 2.24) is 20.3 Å². The van der Waals surface area contributed by atoms with Gasteiger partial charge in [-0.25, -0.2) is 9.97 Å². The molecule has 0 saturated carbocycles. The molecule has 2 unspecified atom stereocenters. The lowest BCUT2D eigenvalue weighted by Gasteiger charge is -2.24.